The van der Waals surface area contributed by atoms with Gasteiger partial charge >= 0.3 is 0 Å². The Bertz CT molecular complexity index is 1090. The molecule has 1 aliphatic heterocycles. The average Bonchev–Trinajstić information content (AvgIpc) is 2.83. The second kappa shape index (κ2) is 11.2. The van der Waals surface area contributed by atoms with Crippen LogP contribution in [0.1, 0.15) is 47.6 Å². The van der Waals surface area contributed by atoms with Gasteiger partial charge in [-0.25, -0.2) is 9.37 Å². The molecule has 2 N–H and O–H groups in total. The smallest absolute Gasteiger partial charge is 0.269 e. The second-order valence-corrected chi connectivity index (χ2v) is 8.62. The first-order valence-corrected chi connectivity index (χ1v) is 11.7. The van der Waals surface area contributed by atoms with Gasteiger partial charge in [0.1, 0.15) is 5.69 Å². The van der Waals surface area contributed by atoms with Crippen molar-refractivity contribution in [1.82, 2.24) is 15.2 Å². The molecule has 7 nitrogen and oxygen atoms in total. The van der Waals surface area contributed by atoms with Crippen molar-refractivity contribution < 1.29 is 14.0 Å². The van der Waals surface area contributed by atoms with Gasteiger partial charge in [-0.1, -0.05) is 25.1 Å². The van der Waals surface area contributed by atoms with E-state index in [9.17, 15) is 9.59 Å². The number of hydrogen-bond acceptors (Lipinski definition) is 5. The first-order chi connectivity index (χ1) is 16.2. The normalized spacial score (nSPS) is 14.8. The van der Waals surface area contributed by atoms with Crippen LogP contribution >= 0.6 is 0 Å². The van der Waals surface area contributed by atoms with Gasteiger partial charge in [0, 0.05) is 50.9 Å². The second-order valence-electron chi connectivity index (χ2n) is 8.62. The molecular weight excluding hydrogens is 433 g/mol. The summed E-state index contributed by atoms with van der Waals surface area (Å²) in [5.74, 6) is -0.849. The Kier molecular flexibility index (Phi) is 8.39. The molecule has 0 saturated carbocycles. The van der Waals surface area contributed by atoms with Gasteiger partial charge in [-0.2, -0.15) is 0 Å². The summed E-state index contributed by atoms with van der Waals surface area (Å²) < 4.78 is 15.3. The van der Waals surface area contributed by atoms with Gasteiger partial charge in [0.25, 0.3) is 11.8 Å². The number of nitrogens with zero attached hydrogens (tertiary/aromatic N) is 3. The Hall–Kier alpha value is -3.26. The molecule has 0 aliphatic carbocycles. The molecule has 1 aromatic heterocycles. The Labute approximate surface area is 201 Å². The lowest BCUT2D eigenvalue weighted by Crippen LogP contribution is -2.46. The lowest BCUT2D eigenvalue weighted by molar-refractivity contribution is -0.112. The summed E-state index contributed by atoms with van der Waals surface area (Å²) in [6.45, 7) is 11.0. The van der Waals surface area contributed by atoms with E-state index < -0.39 is 0 Å². The lowest BCUT2D eigenvalue weighted by Gasteiger charge is -2.36. The van der Waals surface area contributed by atoms with Crippen molar-refractivity contribution in [2.75, 3.05) is 43.4 Å². The molecule has 3 rings (SSSR count). The number of hydrogen-bond donors (Lipinski definition) is 2. The van der Waals surface area contributed by atoms with Crippen LogP contribution < -0.4 is 15.5 Å². The van der Waals surface area contributed by atoms with Gasteiger partial charge in [-0.15, -0.1) is 0 Å². The van der Waals surface area contributed by atoms with Crippen LogP contribution in [0.4, 0.5) is 15.8 Å². The van der Waals surface area contributed by atoms with Crippen molar-refractivity contribution >= 4 is 23.2 Å². The minimum absolute atomic E-state index is 0.202. The molecule has 2 aromatic rings. The fraction of sp³-hybridized carbons (Fsp3) is 0.423. The molecule has 2 heterocycles. The molecule has 1 aromatic carbocycles. The van der Waals surface area contributed by atoms with Crippen LogP contribution in [-0.2, 0) is 11.3 Å². The standard InChI is InChI=1S/C26H34FN5O2/c1-6-7-18(3)25(33)30-24-17(2)8-9-20(23(24)27)16-31-12-14-32(15-13-31)22-11-10-21(26(34)28-5)29-19(22)4/h7-11H,6,12-16H2,1-5H3,(H,28,34)(H,30,33)/b18-7+. The van der Waals surface area contributed by atoms with Crippen LogP contribution in [0.2, 0.25) is 0 Å². The zero-order valence-electron chi connectivity index (χ0n) is 20.7. The molecule has 34 heavy (non-hydrogen) atoms. The van der Waals surface area contributed by atoms with E-state index in [1.165, 1.54) is 0 Å². The van der Waals surface area contributed by atoms with Crippen molar-refractivity contribution in [2.45, 2.75) is 40.7 Å². The van der Waals surface area contributed by atoms with Crippen LogP contribution in [0.15, 0.2) is 35.9 Å². The van der Waals surface area contributed by atoms with Crippen LogP contribution in [0.3, 0.4) is 0 Å². The molecular formula is C26H34FN5O2. The number of carbonyl (C=O) groups is 2. The Morgan fingerprint density at radius 1 is 1.12 bits per heavy atom. The SMILES string of the molecule is CC/C=C(\C)C(=O)Nc1c(C)ccc(CN2CCN(c3ccc(C(=O)NC)nc3C)CC2)c1F. The topological polar surface area (TPSA) is 77.6 Å². The van der Waals surface area contributed by atoms with Crippen molar-refractivity contribution in [2.24, 2.45) is 0 Å². The fourth-order valence-corrected chi connectivity index (χ4v) is 4.13. The molecule has 0 bridgehead atoms. The molecule has 1 aliphatic rings. The number of benzene rings is 1. The number of aryl methyl sites for hydroxylation is 2. The minimum Gasteiger partial charge on any atom is -0.368 e. The van der Waals surface area contributed by atoms with E-state index in [0.29, 0.717) is 28.9 Å². The summed E-state index contributed by atoms with van der Waals surface area (Å²) >= 11 is 0. The van der Waals surface area contributed by atoms with E-state index >= 15 is 4.39 Å². The van der Waals surface area contributed by atoms with Crippen LogP contribution in [0.25, 0.3) is 0 Å². The molecule has 2 amide bonds. The maximum atomic E-state index is 15.3. The monoisotopic (exact) mass is 467 g/mol. The number of anilines is 2. The summed E-state index contributed by atoms with van der Waals surface area (Å²) in [5, 5.41) is 5.34. The first kappa shape index (κ1) is 25.4. The van der Waals surface area contributed by atoms with Gasteiger partial charge in [-0.3, -0.25) is 14.5 Å². The predicted molar refractivity (Wildman–Crippen MR) is 134 cm³/mol. The third-order valence-corrected chi connectivity index (χ3v) is 6.16. The number of aromatic nitrogens is 1. The molecule has 182 valence electrons. The van der Waals surface area contributed by atoms with E-state index in [1.807, 2.05) is 32.1 Å². The Balaban J connectivity index is 1.66. The van der Waals surface area contributed by atoms with Crippen molar-refractivity contribution in [3.8, 4) is 0 Å². The molecule has 0 radical (unpaired) electrons. The number of carbonyl (C=O) groups excluding carboxylic acids is 2. The van der Waals surface area contributed by atoms with Gasteiger partial charge in [0.05, 0.1) is 17.1 Å². The molecule has 0 spiro atoms. The van der Waals surface area contributed by atoms with Crippen LogP contribution in [0.5, 0.6) is 0 Å². The molecule has 0 atom stereocenters. The van der Waals surface area contributed by atoms with E-state index in [-0.39, 0.29) is 23.3 Å². The van der Waals surface area contributed by atoms with E-state index in [1.54, 1.807) is 33.0 Å². The van der Waals surface area contributed by atoms with Crippen LogP contribution in [-0.4, -0.2) is 54.9 Å². The maximum absolute atomic E-state index is 15.3. The highest BCUT2D eigenvalue weighted by Crippen LogP contribution is 2.26. The quantitative estimate of drug-likeness (QED) is 0.606. The third-order valence-electron chi connectivity index (χ3n) is 6.16. The summed E-state index contributed by atoms with van der Waals surface area (Å²) in [6.07, 6.45) is 2.58. The zero-order chi connectivity index (χ0) is 24.8. The number of pyridine rings is 1. The first-order valence-electron chi connectivity index (χ1n) is 11.7. The van der Waals surface area contributed by atoms with E-state index in [0.717, 1.165) is 44.0 Å². The predicted octanol–water partition coefficient (Wildman–Crippen LogP) is 3.81. The number of piperazine rings is 1. The van der Waals surface area contributed by atoms with Gasteiger partial charge in [-0.05, 0) is 44.9 Å². The highest BCUT2D eigenvalue weighted by molar-refractivity contribution is 6.03. The summed E-state index contributed by atoms with van der Waals surface area (Å²) in [6, 6.07) is 7.33. The molecule has 1 fully saturated rings. The average molecular weight is 468 g/mol. The van der Waals surface area contributed by atoms with Gasteiger partial charge in [0.2, 0.25) is 0 Å². The highest BCUT2D eigenvalue weighted by Gasteiger charge is 2.22. The van der Waals surface area contributed by atoms with Crippen molar-refractivity contribution in [3.63, 3.8) is 0 Å². The number of nitrogens with one attached hydrogen (secondary N) is 2. The van der Waals surface area contributed by atoms with Crippen LogP contribution in [0, 0.1) is 19.7 Å². The molecule has 8 heteroatoms. The highest BCUT2D eigenvalue weighted by atomic mass is 19.1. The molecule has 1 saturated heterocycles. The maximum Gasteiger partial charge on any atom is 0.269 e. The van der Waals surface area contributed by atoms with E-state index in [2.05, 4.69) is 25.4 Å². The number of halogens is 1. The fourth-order valence-electron chi connectivity index (χ4n) is 4.13. The summed E-state index contributed by atoms with van der Waals surface area (Å²) in [5.41, 5.74) is 4.33. The molecule has 0 unspecified atom stereocenters. The number of allylic oxidation sites excluding steroid dienone is 1. The van der Waals surface area contributed by atoms with Gasteiger partial charge in [0.15, 0.2) is 5.82 Å². The number of rotatable bonds is 7. The Morgan fingerprint density at radius 2 is 1.82 bits per heavy atom. The van der Waals surface area contributed by atoms with Crippen molar-refractivity contribution in [1.29, 1.82) is 0 Å². The van der Waals surface area contributed by atoms with E-state index in [4.69, 9.17) is 0 Å². The minimum atomic E-state index is -0.370. The Morgan fingerprint density at radius 3 is 2.44 bits per heavy atom. The lowest BCUT2D eigenvalue weighted by atomic mass is 10.1. The van der Waals surface area contributed by atoms with Gasteiger partial charge < -0.3 is 15.5 Å². The zero-order valence-corrected chi connectivity index (χ0v) is 20.7. The number of amides is 2. The summed E-state index contributed by atoms with van der Waals surface area (Å²) in [4.78, 5) is 33.1. The van der Waals surface area contributed by atoms with Crippen molar-refractivity contribution in [3.05, 3.63) is 64.2 Å². The third kappa shape index (κ3) is 5.80. The summed E-state index contributed by atoms with van der Waals surface area (Å²) in [7, 11) is 1.59. The largest absolute Gasteiger partial charge is 0.368 e.